The number of nitrogens with one attached hydrogen (secondary N) is 2. The Labute approximate surface area is 224 Å². The summed E-state index contributed by atoms with van der Waals surface area (Å²) in [5.74, 6) is -0.600. The Kier molecular flexibility index (Phi) is 10.7. The van der Waals surface area contributed by atoms with Crippen molar-refractivity contribution in [1.29, 1.82) is 0 Å². The molecule has 0 aromatic heterocycles. The smallest absolute Gasteiger partial charge is 0.308 e. The molecule has 36 heavy (non-hydrogen) atoms. The number of aryl methyl sites for hydroxylation is 1. The zero-order chi connectivity index (χ0) is 25.9. The minimum absolute atomic E-state index is 0.0826. The van der Waals surface area contributed by atoms with E-state index in [1.54, 1.807) is 23.1 Å². The lowest BCUT2D eigenvalue weighted by molar-refractivity contribution is -0.147. The minimum atomic E-state index is -0.857. The van der Waals surface area contributed by atoms with Crippen LogP contribution in [0.1, 0.15) is 42.1 Å². The molecule has 8 nitrogen and oxygen atoms in total. The maximum atomic E-state index is 12.8. The highest BCUT2D eigenvalue weighted by Gasteiger charge is 2.34. The number of carbonyl (C=O) groups excluding carboxylic acids is 3. The normalized spacial score (nSPS) is 15.1. The van der Waals surface area contributed by atoms with Crippen molar-refractivity contribution >= 4 is 51.0 Å². The molecule has 1 heterocycles. The lowest BCUT2D eigenvalue weighted by Crippen LogP contribution is -2.60. The van der Waals surface area contributed by atoms with Gasteiger partial charge in [0.1, 0.15) is 11.8 Å². The fraction of sp³-hybridized carbons (Fsp3) is 0.385. The van der Waals surface area contributed by atoms with E-state index in [1.807, 2.05) is 37.3 Å². The van der Waals surface area contributed by atoms with E-state index < -0.39 is 17.9 Å². The van der Waals surface area contributed by atoms with Gasteiger partial charge in [0.05, 0.1) is 24.1 Å². The Morgan fingerprint density at radius 3 is 2.69 bits per heavy atom. The molecule has 1 aliphatic rings. The number of thiocarbonyl (C=S) groups is 1. The van der Waals surface area contributed by atoms with Gasteiger partial charge in [0.2, 0.25) is 5.91 Å². The van der Waals surface area contributed by atoms with Crippen LogP contribution in [0.5, 0.6) is 5.75 Å². The highest BCUT2D eigenvalue weighted by atomic mass is 79.9. The first-order valence-corrected chi connectivity index (χ1v) is 13.1. The third kappa shape index (κ3) is 8.03. The van der Waals surface area contributed by atoms with Gasteiger partial charge in [0.25, 0.3) is 5.91 Å². The van der Waals surface area contributed by atoms with Gasteiger partial charge in [-0.15, -0.1) is 0 Å². The van der Waals surface area contributed by atoms with Crippen molar-refractivity contribution in [3.8, 4) is 5.75 Å². The summed E-state index contributed by atoms with van der Waals surface area (Å²) in [7, 11) is 0. The van der Waals surface area contributed by atoms with Crippen LogP contribution in [-0.4, -0.2) is 60.1 Å². The maximum Gasteiger partial charge on any atom is 0.308 e. The van der Waals surface area contributed by atoms with Gasteiger partial charge in [0, 0.05) is 18.7 Å². The van der Waals surface area contributed by atoms with E-state index in [1.165, 1.54) is 5.56 Å². The standard InChI is InChI=1S/C26H30BrN3O5S/c1-2-14-34-22-11-10-19(16-20(22)27)24(32)29-26(36)30-13-12-28-25(33)21(30)17-23(31)35-15-6-9-18-7-4-3-5-8-18/h3-5,7-8,10-11,16,21H,2,6,9,12-15,17H2,1H3,(H,28,33)(H,29,32,36). The molecule has 0 aliphatic carbocycles. The van der Waals surface area contributed by atoms with E-state index in [2.05, 4.69) is 26.6 Å². The second-order valence-electron chi connectivity index (χ2n) is 8.27. The fourth-order valence-corrected chi connectivity index (χ4v) is 4.50. The Morgan fingerprint density at radius 1 is 1.19 bits per heavy atom. The number of hydrogen-bond acceptors (Lipinski definition) is 6. The summed E-state index contributed by atoms with van der Waals surface area (Å²) in [6, 6.07) is 14.1. The van der Waals surface area contributed by atoms with Crippen molar-refractivity contribution in [3.63, 3.8) is 0 Å². The highest BCUT2D eigenvalue weighted by Crippen LogP contribution is 2.26. The van der Waals surface area contributed by atoms with Crippen molar-refractivity contribution in [2.45, 2.75) is 38.6 Å². The molecule has 2 amide bonds. The fourth-order valence-electron chi connectivity index (χ4n) is 3.70. The Balaban J connectivity index is 1.53. The third-order valence-corrected chi connectivity index (χ3v) is 6.50. The molecule has 2 aromatic carbocycles. The van der Waals surface area contributed by atoms with E-state index in [0.717, 1.165) is 12.8 Å². The molecular formula is C26H30BrN3O5S. The van der Waals surface area contributed by atoms with E-state index in [0.29, 0.717) is 41.9 Å². The first-order chi connectivity index (χ1) is 17.4. The van der Waals surface area contributed by atoms with Gasteiger partial charge < -0.3 is 19.7 Å². The largest absolute Gasteiger partial charge is 0.492 e. The van der Waals surface area contributed by atoms with Crippen LogP contribution >= 0.6 is 28.1 Å². The number of rotatable bonds is 10. The number of benzene rings is 2. The number of esters is 1. The molecular weight excluding hydrogens is 546 g/mol. The van der Waals surface area contributed by atoms with Crippen molar-refractivity contribution in [2.75, 3.05) is 26.3 Å². The molecule has 10 heteroatoms. The molecule has 1 unspecified atom stereocenters. The van der Waals surface area contributed by atoms with E-state index in [-0.39, 0.29) is 24.0 Å². The SMILES string of the molecule is CCCOc1ccc(C(=O)NC(=S)N2CCNC(=O)C2CC(=O)OCCCc2ccccc2)cc1Br. The Hall–Kier alpha value is -2.98. The van der Waals surface area contributed by atoms with Gasteiger partial charge in [0.15, 0.2) is 5.11 Å². The zero-order valence-corrected chi connectivity index (χ0v) is 22.5. The average Bonchev–Trinajstić information content (AvgIpc) is 2.87. The third-order valence-electron chi connectivity index (χ3n) is 5.54. The molecule has 1 fully saturated rings. The molecule has 192 valence electrons. The second kappa shape index (κ2) is 13.9. The van der Waals surface area contributed by atoms with Crippen molar-refractivity contribution in [2.24, 2.45) is 0 Å². The molecule has 1 aliphatic heterocycles. The topological polar surface area (TPSA) is 97.0 Å². The number of halogens is 1. The summed E-state index contributed by atoms with van der Waals surface area (Å²) in [4.78, 5) is 39.3. The molecule has 1 saturated heterocycles. The van der Waals surface area contributed by atoms with Crippen LogP contribution in [0.25, 0.3) is 0 Å². The Morgan fingerprint density at radius 2 is 1.97 bits per heavy atom. The lowest BCUT2D eigenvalue weighted by Gasteiger charge is -2.36. The van der Waals surface area contributed by atoms with Gasteiger partial charge in [-0.2, -0.15) is 0 Å². The summed E-state index contributed by atoms with van der Waals surface area (Å²) < 4.78 is 11.6. The number of nitrogens with zero attached hydrogens (tertiary/aromatic N) is 1. The van der Waals surface area contributed by atoms with Gasteiger partial charge in [-0.05, 0) is 71.2 Å². The first kappa shape index (κ1) is 27.6. The van der Waals surface area contributed by atoms with E-state index >= 15 is 0 Å². The second-order valence-corrected chi connectivity index (χ2v) is 9.51. The van der Waals surface area contributed by atoms with Gasteiger partial charge >= 0.3 is 5.97 Å². The van der Waals surface area contributed by atoms with Crippen molar-refractivity contribution in [3.05, 3.63) is 64.1 Å². The molecule has 1 atom stereocenters. The molecule has 3 rings (SSSR count). The van der Waals surface area contributed by atoms with Gasteiger partial charge in [-0.3, -0.25) is 19.7 Å². The number of piperazine rings is 1. The molecule has 0 saturated carbocycles. The zero-order valence-electron chi connectivity index (χ0n) is 20.1. The van der Waals surface area contributed by atoms with Crippen molar-refractivity contribution < 1.29 is 23.9 Å². The van der Waals surface area contributed by atoms with Crippen LogP contribution in [0.4, 0.5) is 0 Å². The average molecular weight is 577 g/mol. The lowest BCUT2D eigenvalue weighted by atomic mass is 10.1. The number of ether oxygens (including phenoxy) is 2. The molecule has 0 bridgehead atoms. The van der Waals surface area contributed by atoms with Gasteiger partial charge in [-0.1, -0.05) is 37.3 Å². The van der Waals surface area contributed by atoms with Crippen LogP contribution in [0, 0.1) is 0 Å². The highest BCUT2D eigenvalue weighted by molar-refractivity contribution is 9.10. The number of amides is 2. The Bertz CT molecular complexity index is 1080. The summed E-state index contributed by atoms with van der Waals surface area (Å²) in [5, 5.41) is 5.50. The predicted octanol–water partition coefficient (Wildman–Crippen LogP) is 3.62. The van der Waals surface area contributed by atoms with Crippen LogP contribution in [0.2, 0.25) is 0 Å². The van der Waals surface area contributed by atoms with Gasteiger partial charge in [-0.25, -0.2) is 0 Å². The van der Waals surface area contributed by atoms with E-state index in [4.69, 9.17) is 21.7 Å². The molecule has 2 N–H and O–H groups in total. The maximum absolute atomic E-state index is 12.8. The van der Waals surface area contributed by atoms with Crippen LogP contribution < -0.4 is 15.4 Å². The number of hydrogen-bond donors (Lipinski definition) is 2. The van der Waals surface area contributed by atoms with Crippen LogP contribution in [-0.2, 0) is 20.7 Å². The molecule has 0 spiro atoms. The number of carbonyl (C=O) groups is 3. The minimum Gasteiger partial charge on any atom is -0.492 e. The predicted molar refractivity (Wildman–Crippen MR) is 144 cm³/mol. The molecule has 2 aromatic rings. The van der Waals surface area contributed by atoms with Crippen LogP contribution in [0.3, 0.4) is 0 Å². The monoisotopic (exact) mass is 575 g/mol. The van der Waals surface area contributed by atoms with E-state index in [9.17, 15) is 14.4 Å². The summed E-state index contributed by atoms with van der Waals surface area (Å²) in [5.41, 5.74) is 1.55. The summed E-state index contributed by atoms with van der Waals surface area (Å²) >= 11 is 8.85. The summed E-state index contributed by atoms with van der Waals surface area (Å²) in [6.45, 7) is 3.56. The quantitative estimate of drug-likeness (QED) is 0.254. The molecule has 0 radical (unpaired) electrons. The first-order valence-electron chi connectivity index (χ1n) is 11.9. The van der Waals surface area contributed by atoms with Crippen LogP contribution in [0.15, 0.2) is 53.0 Å². The van der Waals surface area contributed by atoms with Crippen molar-refractivity contribution in [1.82, 2.24) is 15.5 Å². The summed E-state index contributed by atoms with van der Waals surface area (Å²) in [6.07, 6.45) is 2.18.